The molecule has 3 aromatic rings. The van der Waals surface area contributed by atoms with Crippen LogP contribution in [-0.2, 0) is 27.4 Å². The van der Waals surface area contributed by atoms with Crippen molar-refractivity contribution >= 4 is 22.9 Å². The summed E-state index contributed by atoms with van der Waals surface area (Å²) in [7, 11) is 0. The summed E-state index contributed by atoms with van der Waals surface area (Å²) in [5, 5.41) is 7.50. The van der Waals surface area contributed by atoms with Gasteiger partial charge in [-0.15, -0.1) is 10.2 Å². The number of aromatic nitrogens is 5. The average molecular weight is 408 g/mol. The smallest absolute Gasteiger partial charge is 0.312 e. The van der Waals surface area contributed by atoms with E-state index >= 15 is 0 Å². The van der Waals surface area contributed by atoms with Crippen LogP contribution in [-0.4, -0.2) is 60.3 Å². The first-order valence-corrected chi connectivity index (χ1v) is 10.3. The second-order valence-electron chi connectivity index (χ2n) is 8.23. The number of fused-ring (bicyclic) bond motifs is 1. The maximum atomic E-state index is 12.7. The van der Waals surface area contributed by atoms with Gasteiger partial charge < -0.3 is 18.8 Å². The van der Waals surface area contributed by atoms with Crippen molar-refractivity contribution in [2.24, 2.45) is 5.41 Å². The number of imidazole rings is 1. The molecular formula is C21H24N6O3. The number of carbonyl (C=O) groups is 2. The molecule has 2 aliphatic heterocycles. The number of hydrogen-bond donors (Lipinski definition) is 0. The van der Waals surface area contributed by atoms with Crippen LogP contribution in [0.2, 0.25) is 0 Å². The number of rotatable bonds is 5. The first-order chi connectivity index (χ1) is 14.6. The SMILES string of the molecule is O=C(CCn1cnnc1)N1CCC2(CC1)CC(Cn1cnc3ccccc31)OC2=O. The average Bonchev–Trinajstić information content (AvgIpc) is 3.48. The van der Waals surface area contributed by atoms with Crippen LogP contribution in [0, 0.1) is 5.41 Å². The molecule has 2 fully saturated rings. The standard InChI is InChI=1S/C21H24N6O3/c28-19(5-8-25-14-23-24-15-25)26-9-6-21(7-10-26)11-16(30-20(21)29)12-27-13-22-17-3-1-2-4-18(17)27/h1-4,13-16H,5-12H2. The lowest BCUT2D eigenvalue weighted by atomic mass is 9.76. The summed E-state index contributed by atoms with van der Waals surface area (Å²) in [6.07, 6.45) is 7.28. The third-order valence-corrected chi connectivity index (χ3v) is 6.38. The number of cyclic esters (lactones) is 1. The largest absolute Gasteiger partial charge is 0.460 e. The number of ether oxygens (including phenoxy) is 1. The first kappa shape index (κ1) is 18.8. The molecule has 0 bridgehead atoms. The van der Waals surface area contributed by atoms with Crippen molar-refractivity contribution in [1.82, 2.24) is 29.2 Å². The molecule has 4 heterocycles. The Bertz CT molecular complexity index is 1050. The van der Waals surface area contributed by atoms with Crippen LogP contribution in [0.5, 0.6) is 0 Å². The number of esters is 1. The minimum absolute atomic E-state index is 0.103. The zero-order valence-electron chi connectivity index (χ0n) is 16.7. The molecule has 2 aromatic heterocycles. The molecule has 30 heavy (non-hydrogen) atoms. The number of nitrogens with zero attached hydrogens (tertiary/aromatic N) is 6. The third kappa shape index (κ3) is 3.44. The normalized spacial score (nSPS) is 20.7. The van der Waals surface area contributed by atoms with Crippen molar-refractivity contribution in [2.45, 2.75) is 44.9 Å². The molecule has 9 heteroatoms. The summed E-state index contributed by atoms with van der Waals surface area (Å²) >= 11 is 0. The molecule has 0 saturated carbocycles. The highest BCUT2D eigenvalue weighted by molar-refractivity contribution is 5.81. The van der Waals surface area contributed by atoms with E-state index in [0.29, 0.717) is 51.9 Å². The Labute approximate surface area is 173 Å². The van der Waals surface area contributed by atoms with Crippen LogP contribution in [0.25, 0.3) is 11.0 Å². The molecular weight excluding hydrogens is 384 g/mol. The van der Waals surface area contributed by atoms with Crippen LogP contribution >= 0.6 is 0 Å². The maximum absolute atomic E-state index is 12.7. The Morgan fingerprint density at radius 1 is 1.13 bits per heavy atom. The summed E-state index contributed by atoms with van der Waals surface area (Å²) in [5.74, 6) is -0.0140. The van der Waals surface area contributed by atoms with E-state index in [4.69, 9.17) is 4.74 Å². The monoisotopic (exact) mass is 408 g/mol. The second-order valence-corrected chi connectivity index (χ2v) is 8.23. The number of benzene rings is 1. The summed E-state index contributed by atoms with van der Waals surface area (Å²) in [6.45, 7) is 2.36. The lowest BCUT2D eigenvalue weighted by molar-refractivity contribution is -0.152. The van der Waals surface area contributed by atoms with Gasteiger partial charge in [-0.05, 0) is 25.0 Å². The van der Waals surface area contributed by atoms with Crippen LogP contribution < -0.4 is 0 Å². The van der Waals surface area contributed by atoms with Crippen LogP contribution in [0.15, 0.2) is 43.2 Å². The summed E-state index contributed by atoms with van der Waals surface area (Å²) in [6, 6.07) is 7.95. The molecule has 2 aliphatic rings. The van der Waals surface area contributed by atoms with E-state index in [0.717, 1.165) is 11.0 Å². The van der Waals surface area contributed by atoms with Crippen molar-refractivity contribution in [3.63, 3.8) is 0 Å². The topological polar surface area (TPSA) is 95.1 Å². The lowest BCUT2D eigenvalue weighted by Gasteiger charge is -2.36. The van der Waals surface area contributed by atoms with Gasteiger partial charge in [-0.2, -0.15) is 0 Å². The lowest BCUT2D eigenvalue weighted by Crippen LogP contribution is -2.45. The van der Waals surface area contributed by atoms with E-state index < -0.39 is 5.41 Å². The molecule has 2 saturated heterocycles. The van der Waals surface area contributed by atoms with Gasteiger partial charge in [-0.1, -0.05) is 12.1 Å². The van der Waals surface area contributed by atoms with Crippen molar-refractivity contribution in [3.05, 3.63) is 43.2 Å². The minimum Gasteiger partial charge on any atom is -0.460 e. The van der Waals surface area contributed by atoms with E-state index in [9.17, 15) is 9.59 Å². The van der Waals surface area contributed by atoms with Gasteiger partial charge in [0.1, 0.15) is 18.8 Å². The number of likely N-dealkylation sites (tertiary alicyclic amines) is 1. The molecule has 5 rings (SSSR count). The molecule has 1 amide bonds. The number of aryl methyl sites for hydroxylation is 1. The highest BCUT2D eigenvalue weighted by atomic mass is 16.6. The summed E-state index contributed by atoms with van der Waals surface area (Å²) in [4.78, 5) is 31.5. The summed E-state index contributed by atoms with van der Waals surface area (Å²) in [5.41, 5.74) is 1.52. The van der Waals surface area contributed by atoms with Crippen LogP contribution in [0.4, 0.5) is 0 Å². The van der Waals surface area contributed by atoms with Gasteiger partial charge >= 0.3 is 5.97 Å². The zero-order valence-corrected chi connectivity index (χ0v) is 16.7. The predicted molar refractivity (Wildman–Crippen MR) is 107 cm³/mol. The minimum atomic E-state index is -0.466. The fraction of sp³-hybridized carbons (Fsp3) is 0.476. The molecule has 0 aliphatic carbocycles. The quantitative estimate of drug-likeness (QED) is 0.596. The zero-order chi connectivity index (χ0) is 20.6. The van der Waals surface area contributed by atoms with E-state index in [1.807, 2.05) is 29.2 Å². The van der Waals surface area contributed by atoms with Crippen molar-refractivity contribution < 1.29 is 14.3 Å². The Morgan fingerprint density at radius 3 is 2.70 bits per heavy atom. The number of amides is 1. The van der Waals surface area contributed by atoms with Gasteiger partial charge in [0.15, 0.2) is 0 Å². The molecule has 1 aromatic carbocycles. The van der Waals surface area contributed by atoms with Gasteiger partial charge in [0.05, 0.1) is 29.3 Å². The molecule has 1 spiro atoms. The number of para-hydroxylation sites is 2. The summed E-state index contributed by atoms with van der Waals surface area (Å²) < 4.78 is 9.61. The molecule has 156 valence electrons. The molecule has 0 radical (unpaired) electrons. The van der Waals surface area contributed by atoms with Gasteiger partial charge in [0.2, 0.25) is 5.91 Å². The van der Waals surface area contributed by atoms with E-state index in [1.54, 1.807) is 23.5 Å². The van der Waals surface area contributed by atoms with Crippen LogP contribution in [0.3, 0.4) is 0 Å². The highest BCUT2D eigenvalue weighted by Crippen LogP contribution is 2.43. The van der Waals surface area contributed by atoms with E-state index in [1.165, 1.54) is 0 Å². The number of piperidine rings is 1. The van der Waals surface area contributed by atoms with Gasteiger partial charge in [0, 0.05) is 32.5 Å². The highest BCUT2D eigenvalue weighted by Gasteiger charge is 2.50. The van der Waals surface area contributed by atoms with Gasteiger partial charge in [-0.3, -0.25) is 9.59 Å². The van der Waals surface area contributed by atoms with Gasteiger partial charge in [-0.25, -0.2) is 4.98 Å². The predicted octanol–water partition coefficient (Wildman–Crippen LogP) is 1.64. The Balaban J connectivity index is 1.18. The van der Waals surface area contributed by atoms with Crippen LogP contribution in [0.1, 0.15) is 25.7 Å². The Hall–Kier alpha value is -3.23. The molecule has 0 N–H and O–H groups in total. The van der Waals surface area contributed by atoms with E-state index in [-0.39, 0.29) is 18.0 Å². The fourth-order valence-electron chi connectivity index (χ4n) is 4.63. The Morgan fingerprint density at radius 2 is 1.90 bits per heavy atom. The molecule has 1 unspecified atom stereocenters. The Kier molecular flexibility index (Phi) is 4.72. The van der Waals surface area contributed by atoms with Crippen molar-refractivity contribution in [3.8, 4) is 0 Å². The molecule has 1 atom stereocenters. The molecule has 9 nitrogen and oxygen atoms in total. The number of hydrogen-bond acceptors (Lipinski definition) is 6. The number of carbonyl (C=O) groups excluding carboxylic acids is 2. The maximum Gasteiger partial charge on any atom is 0.312 e. The van der Waals surface area contributed by atoms with Crippen molar-refractivity contribution in [2.75, 3.05) is 13.1 Å². The van der Waals surface area contributed by atoms with E-state index in [2.05, 4.69) is 19.7 Å². The second kappa shape index (κ2) is 7.55. The van der Waals surface area contributed by atoms with Gasteiger partial charge in [0.25, 0.3) is 0 Å². The van der Waals surface area contributed by atoms with Crippen molar-refractivity contribution in [1.29, 1.82) is 0 Å². The first-order valence-electron chi connectivity index (χ1n) is 10.3. The fourth-order valence-corrected chi connectivity index (χ4v) is 4.63. The third-order valence-electron chi connectivity index (χ3n) is 6.38.